The molecule has 0 saturated carbocycles. The van der Waals surface area contributed by atoms with Crippen LogP contribution in [0, 0.1) is 0 Å². The number of aromatic nitrogens is 2. The first-order chi connectivity index (χ1) is 6.72. The van der Waals surface area contributed by atoms with Crippen LogP contribution in [0.25, 0.3) is 0 Å². The standard InChI is InChI=1S/C8H15N5S/c1-13(2)5-6-14-7-3-4-10-8(11-7)12-9/h3-4H,5-6,9H2,1-2H3,(H,10,11,12). The van der Waals surface area contributed by atoms with Gasteiger partial charge >= 0.3 is 0 Å². The van der Waals surface area contributed by atoms with Crippen LogP contribution >= 0.6 is 11.8 Å². The molecular weight excluding hydrogens is 198 g/mol. The van der Waals surface area contributed by atoms with E-state index in [0.717, 1.165) is 17.3 Å². The third-order valence-corrected chi connectivity index (χ3v) is 2.46. The van der Waals surface area contributed by atoms with E-state index >= 15 is 0 Å². The molecule has 6 heteroatoms. The van der Waals surface area contributed by atoms with Gasteiger partial charge in [-0.1, -0.05) is 0 Å². The maximum atomic E-state index is 5.20. The van der Waals surface area contributed by atoms with E-state index in [1.54, 1.807) is 18.0 Å². The lowest BCUT2D eigenvalue weighted by Crippen LogP contribution is -2.15. The van der Waals surface area contributed by atoms with Crippen LogP contribution in [0.2, 0.25) is 0 Å². The van der Waals surface area contributed by atoms with Crippen LogP contribution in [0.5, 0.6) is 0 Å². The van der Waals surface area contributed by atoms with Crippen molar-refractivity contribution in [1.29, 1.82) is 0 Å². The van der Waals surface area contributed by atoms with E-state index in [4.69, 9.17) is 5.84 Å². The highest BCUT2D eigenvalue weighted by atomic mass is 32.2. The van der Waals surface area contributed by atoms with Crippen molar-refractivity contribution in [3.63, 3.8) is 0 Å². The number of anilines is 1. The second-order valence-electron chi connectivity index (χ2n) is 3.01. The molecular formula is C8H15N5S. The molecule has 78 valence electrons. The molecule has 0 aromatic carbocycles. The van der Waals surface area contributed by atoms with Gasteiger partial charge in [0.05, 0.1) is 0 Å². The Kier molecular flexibility index (Phi) is 4.64. The number of hydrogen-bond donors (Lipinski definition) is 2. The number of nitrogen functional groups attached to an aromatic ring is 1. The van der Waals surface area contributed by atoms with Gasteiger partial charge in [0, 0.05) is 18.5 Å². The van der Waals surface area contributed by atoms with Crippen molar-refractivity contribution < 1.29 is 0 Å². The molecule has 0 aliphatic rings. The number of nitrogens with zero attached hydrogens (tertiary/aromatic N) is 3. The van der Waals surface area contributed by atoms with Gasteiger partial charge in [-0.2, -0.15) is 0 Å². The van der Waals surface area contributed by atoms with Crippen molar-refractivity contribution >= 4 is 17.7 Å². The molecule has 1 aromatic rings. The van der Waals surface area contributed by atoms with Crippen LogP contribution in [-0.4, -0.2) is 41.3 Å². The maximum absolute atomic E-state index is 5.20. The van der Waals surface area contributed by atoms with E-state index in [2.05, 4.69) is 20.3 Å². The molecule has 0 atom stereocenters. The van der Waals surface area contributed by atoms with E-state index < -0.39 is 0 Å². The summed E-state index contributed by atoms with van der Waals surface area (Å²) in [6, 6.07) is 1.88. The zero-order valence-corrected chi connectivity index (χ0v) is 9.21. The van der Waals surface area contributed by atoms with Gasteiger partial charge in [-0.15, -0.1) is 11.8 Å². The second-order valence-corrected chi connectivity index (χ2v) is 4.13. The summed E-state index contributed by atoms with van der Waals surface area (Å²) in [5.41, 5.74) is 2.42. The summed E-state index contributed by atoms with van der Waals surface area (Å²) in [5, 5.41) is 0.940. The number of hydrazine groups is 1. The van der Waals surface area contributed by atoms with Gasteiger partial charge in [0.1, 0.15) is 5.03 Å². The predicted molar refractivity (Wildman–Crippen MR) is 59.1 cm³/mol. The number of rotatable bonds is 5. The average molecular weight is 213 g/mol. The Bertz CT molecular complexity index is 278. The van der Waals surface area contributed by atoms with Crippen molar-refractivity contribution in [2.45, 2.75) is 5.03 Å². The molecule has 0 aliphatic carbocycles. The Hall–Kier alpha value is -0.850. The zero-order valence-electron chi connectivity index (χ0n) is 8.40. The minimum Gasteiger partial charge on any atom is -0.309 e. The lowest BCUT2D eigenvalue weighted by atomic mass is 10.7. The molecule has 0 saturated heterocycles. The van der Waals surface area contributed by atoms with Crippen LogP contribution in [0.15, 0.2) is 17.3 Å². The monoisotopic (exact) mass is 213 g/mol. The van der Waals surface area contributed by atoms with Crippen LogP contribution in [0.3, 0.4) is 0 Å². The third-order valence-electron chi connectivity index (χ3n) is 1.55. The van der Waals surface area contributed by atoms with Crippen molar-refractivity contribution in [2.75, 3.05) is 31.8 Å². The Balaban J connectivity index is 2.42. The highest BCUT2D eigenvalue weighted by Gasteiger charge is 1.98. The minimum absolute atomic E-state index is 0.458. The van der Waals surface area contributed by atoms with Crippen LogP contribution in [0.1, 0.15) is 0 Å². The normalized spacial score (nSPS) is 10.6. The fourth-order valence-corrected chi connectivity index (χ4v) is 1.80. The first kappa shape index (κ1) is 11.2. The van der Waals surface area contributed by atoms with E-state index in [1.807, 2.05) is 20.2 Å². The molecule has 0 bridgehead atoms. The Labute approximate surface area is 88.1 Å². The van der Waals surface area contributed by atoms with E-state index in [-0.39, 0.29) is 0 Å². The number of thioether (sulfide) groups is 1. The minimum atomic E-state index is 0.458. The van der Waals surface area contributed by atoms with Gasteiger partial charge < -0.3 is 4.90 Å². The highest BCUT2D eigenvalue weighted by Crippen LogP contribution is 2.14. The lowest BCUT2D eigenvalue weighted by Gasteiger charge is -2.08. The molecule has 0 fully saturated rings. The largest absolute Gasteiger partial charge is 0.309 e. The fourth-order valence-electron chi connectivity index (χ4n) is 0.825. The molecule has 0 spiro atoms. The number of nitrogens with two attached hydrogens (primary N) is 1. The van der Waals surface area contributed by atoms with Crippen molar-refractivity contribution in [3.05, 3.63) is 12.3 Å². The molecule has 0 radical (unpaired) electrons. The van der Waals surface area contributed by atoms with Gasteiger partial charge in [-0.3, -0.25) is 5.43 Å². The first-order valence-electron chi connectivity index (χ1n) is 4.29. The van der Waals surface area contributed by atoms with E-state index in [0.29, 0.717) is 5.95 Å². The molecule has 0 amide bonds. The van der Waals surface area contributed by atoms with Crippen LogP contribution < -0.4 is 11.3 Å². The van der Waals surface area contributed by atoms with Gasteiger partial charge in [0.2, 0.25) is 5.95 Å². The molecule has 0 aliphatic heterocycles. The van der Waals surface area contributed by atoms with Crippen LogP contribution in [-0.2, 0) is 0 Å². The second kappa shape index (κ2) is 5.79. The first-order valence-corrected chi connectivity index (χ1v) is 5.28. The fraction of sp³-hybridized carbons (Fsp3) is 0.500. The molecule has 0 unspecified atom stereocenters. The third kappa shape index (κ3) is 3.91. The quantitative estimate of drug-likeness (QED) is 0.320. The van der Waals surface area contributed by atoms with Crippen molar-refractivity contribution in [1.82, 2.24) is 14.9 Å². The summed E-state index contributed by atoms with van der Waals surface area (Å²) in [4.78, 5) is 10.3. The van der Waals surface area contributed by atoms with Crippen molar-refractivity contribution in [2.24, 2.45) is 5.84 Å². The smallest absolute Gasteiger partial charge is 0.238 e. The van der Waals surface area contributed by atoms with E-state index in [9.17, 15) is 0 Å². The average Bonchev–Trinajstić information content (AvgIpc) is 2.18. The molecule has 5 nitrogen and oxygen atoms in total. The highest BCUT2D eigenvalue weighted by molar-refractivity contribution is 7.99. The maximum Gasteiger partial charge on any atom is 0.238 e. The summed E-state index contributed by atoms with van der Waals surface area (Å²) >= 11 is 1.69. The predicted octanol–water partition coefficient (Wildman–Crippen LogP) is 0.416. The summed E-state index contributed by atoms with van der Waals surface area (Å²) < 4.78 is 0. The summed E-state index contributed by atoms with van der Waals surface area (Å²) in [6.45, 7) is 1.03. The SMILES string of the molecule is CN(C)CCSc1ccnc(NN)n1. The van der Waals surface area contributed by atoms with Gasteiger partial charge in [0.25, 0.3) is 0 Å². The Morgan fingerprint density at radius 1 is 1.57 bits per heavy atom. The van der Waals surface area contributed by atoms with Gasteiger partial charge in [-0.05, 0) is 20.2 Å². The Morgan fingerprint density at radius 2 is 2.36 bits per heavy atom. The summed E-state index contributed by atoms with van der Waals surface area (Å²) in [5.74, 6) is 6.67. The van der Waals surface area contributed by atoms with Gasteiger partial charge in [-0.25, -0.2) is 15.8 Å². The number of nitrogens with one attached hydrogen (secondary N) is 1. The Morgan fingerprint density at radius 3 is 3.00 bits per heavy atom. The summed E-state index contributed by atoms with van der Waals surface area (Å²) in [6.07, 6.45) is 1.69. The topological polar surface area (TPSA) is 67.1 Å². The molecule has 1 heterocycles. The molecule has 1 aromatic heterocycles. The molecule has 3 N–H and O–H groups in total. The zero-order chi connectivity index (χ0) is 10.4. The molecule has 1 rings (SSSR count). The number of hydrogen-bond acceptors (Lipinski definition) is 6. The lowest BCUT2D eigenvalue weighted by molar-refractivity contribution is 0.437. The summed E-state index contributed by atoms with van der Waals surface area (Å²) in [7, 11) is 4.10. The van der Waals surface area contributed by atoms with Crippen molar-refractivity contribution in [3.8, 4) is 0 Å². The molecule has 14 heavy (non-hydrogen) atoms. The van der Waals surface area contributed by atoms with Crippen LogP contribution in [0.4, 0.5) is 5.95 Å². The van der Waals surface area contributed by atoms with E-state index in [1.165, 1.54) is 0 Å². The van der Waals surface area contributed by atoms with Gasteiger partial charge in [0.15, 0.2) is 0 Å².